The van der Waals surface area contributed by atoms with Gasteiger partial charge >= 0.3 is 11.7 Å². The molecule has 1 unspecified atom stereocenters. The lowest BCUT2D eigenvalue weighted by Crippen LogP contribution is -2.39. The van der Waals surface area contributed by atoms with Crippen molar-refractivity contribution in [1.82, 2.24) is 9.13 Å². The van der Waals surface area contributed by atoms with Crippen LogP contribution in [0.3, 0.4) is 0 Å². The molecule has 1 aromatic heterocycles. The maximum atomic E-state index is 12.4. The zero-order chi connectivity index (χ0) is 15.6. The average Bonchev–Trinajstić information content (AvgIpc) is 2.48. The number of hydrogen-bond donors (Lipinski definition) is 1. The summed E-state index contributed by atoms with van der Waals surface area (Å²) >= 11 is 0. The van der Waals surface area contributed by atoms with E-state index in [9.17, 15) is 14.4 Å². The minimum Gasteiger partial charge on any atom is -0.481 e. The van der Waals surface area contributed by atoms with Crippen molar-refractivity contribution in [3.63, 3.8) is 0 Å². The van der Waals surface area contributed by atoms with E-state index in [1.807, 2.05) is 0 Å². The molecule has 0 aliphatic heterocycles. The molecule has 0 saturated heterocycles. The number of aryl methyl sites for hydroxylation is 1. The Morgan fingerprint density at radius 3 is 2.57 bits per heavy atom. The highest BCUT2D eigenvalue weighted by Gasteiger charge is 2.17. The molecule has 2 aromatic rings. The van der Waals surface area contributed by atoms with Gasteiger partial charge in [0, 0.05) is 13.6 Å². The Morgan fingerprint density at radius 2 is 1.95 bits per heavy atom. The third-order valence-electron chi connectivity index (χ3n) is 3.80. The number of carbonyl (C=O) groups is 1. The van der Waals surface area contributed by atoms with Crippen LogP contribution >= 0.6 is 0 Å². The minimum absolute atomic E-state index is 0.112. The number of nitrogens with zero attached hydrogens (tertiary/aromatic N) is 2. The predicted molar refractivity (Wildman–Crippen MR) is 79.5 cm³/mol. The molecule has 1 aromatic carbocycles. The van der Waals surface area contributed by atoms with Crippen molar-refractivity contribution in [1.29, 1.82) is 0 Å². The largest absolute Gasteiger partial charge is 0.481 e. The summed E-state index contributed by atoms with van der Waals surface area (Å²) in [5, 5.41) is 9.51. The van der Waals surface area contributed by atoms with Gasteiger partial charge in [-0.15, -0.1) is 0 Å². The fourth-order valence-electron chi connectivity index (χ4n) is 2.45. The SMILES string of the molecule is CCC(CCn1c(=O)c2ccccc2n(C)c1=O)C(=O)O. The van der Waals surface area contributed by atoms with Crippen LogP contribution in [-0.4, -0.2) is 20.2 Å². The lowest BCUT2D eigenvalue weighted by Gasteiger charge is -2.13. The smallest absolute Gasteiger partial charge is 0.331 e. The molecule has 1 atom stereocenters. The first-order valence-corrected chi connectivity index (χ1v) is 6.88. The fraction of sp³-hybridized carbons (Fsp3) is 0.400. The molecular formula is C15H18N2O4. The lowest BCUT2D eigenvalue weighted by molar-refractivity contribution is -0.142. The van der Waals surface area contributed by atoms with Crippen molar-refractivity contribution in [3.8, 4) is 0 Å². The van der Waals surface area contributed by atoms with Crippen LogP contribution in [0.4, 0.5) is 0 Å². The van der Waals surface area contributed by atoms with Crippen molar-refractivity contribution in [2.45, 2.75) is 26.3 Å². The molecule has 6 heteroatoms. The Balaban J connectivity index is 2.48. The zero-order valence-corrected chi connectivity index (χ0v) is 12.1. The van der Waals surface area contributed by atoms with E-state index in [0.29, 0.717) is 17.3 Å². The molecular weight excluding hydrogens is 272 g/mol. The Bertz CT molecular complexity index is 788. The second-order valence-electron chi connectivity index (χ2n) is 5.05. The molecule has 1 heterocycles. The van der Waals surface area contributed by atoms with Gasteiger partial charge in [-0.05, 0) is 25.0 Å². The van der Waals surface area contributed by atoms with Crippen LogP contribution in [-0.2, 0) is 18.4 Å². The van der Waals surface area contributed by atoms with Gasteiger partial charge in [0.15, 0.2) is 0 Å². The molecule has 0 fully saturated rings. The van der Waals surface area contributed by atoms with Crippen molar-refractivity contribution in [3.05, 3.63) is 45.1 Å². The number of carboxylic acids is 1. The summed E-state index contributed by atoms with van der Waals surface area (Å²) in [6, 6.07) is 6.89. The molecule has 112 valence electrons. The van der Waals surface area contributed by atoms with Gasteiger partial charge in [0.05, 0.1) is 16.8 Å². The van der Waals surface area contributed by atoms with Crippen LogP contribution in [0.15, 0.2) is 33.9 Å². The number of benzene rings is 1. The van der Waals surface area contributed by atoms with E-state index in [0.717, 1.165) is 4.57 Å². The molecule has 0 amide bonds. The summed E-state index contributed by atoms with van der Waals surface area (Å²) in [6.45, 7) is 1.89. The standard InChI is InChI=1S/C15H18N2O4/c1-3-10(14(19)20)8-9-17-13(18)11-6-4-5-7-12(11)16(2)15(17)21/h4-7,10H,3,8-9H2,1-2H3,(H,19,20). The molecule has 0 bridgehead atoms. The predicted octanol–water partition coefficient (Wildman–Crippen LogP) is 1.20. The Kier molecular flexibility index (Phi) is 4.26. The molecule has 0 aliphatic carbocycles. The van der Waals surface area contributed by atoms with E-state index in [2.05, 4.69) is 0 Å². The average molecular weight is 290 g/mol. The highest BCUT2D eigenvalue weighted by Crippen LogP contribution is 2.10. The normalized spacial score (nSPS) is 12.5. The van der Waals surface area contributed by atoms with Gasteiger partial charge in [-0.3, -0.25) is 18.7 Å². The summed E-state index contributed by atoms with van der Waals surface area (Å²) in [6.07, 6.45) is 0.733. The topological polar surface area (TPSA) is 81.3 Å². The van der Waals surface area contributed by atoms with E-state index in [4.69, 9.17) is 5.11 Å². The highest BCUT2D eigenvalue weighted by molar-refractivity contribution is 5.77. The molecule has 0 saturated carbocycles. The van der Waals surface area contributed by atoms with E-state index >= 15 is 0 Å². The molecule has 0 radical (unpaired) electrons. The van der Waals surface area contributed by atoms with Crippen LogP contribution < -0.4 is 11.2 Å². The second-order valence-corrected chi connectivity index (χ2v) is 5.05. The summed E-state index contributed by atoms with van der Waals surface area (Å²) in [7, 11) is 1.61. The van der Waals surface area contributed by atoms with Crippen LogP contribution in [0.5, 0.6) is 0 Å². The Labute approximate surface area is 121 Å². The third-order valence-corrected chi connectivity index (χ3v) is 3.80. The van der Waals surface area contributed by atoms with Crippen LogP contribution in [0, 0.1) is 5.92 Å². The maximum Gasteiger partial charge on any atom is 0.331 e. The highest BCUT2D eigenvalue weighted by atomic mass is 16.4. The van der Waals surface area contributed by atoms with Crippen molar-refractivity contribution >= 4 is 16.9 Å². The summed E-state index contributed by atoms with van der Waals surface area (Å²) < 4.78 is 2.53. The van der Waals surface area contributed by atoms with Gasteiger partial charge < -0.3 is 5.11 Å². The number of aliphatic carboxylic acids is 1. The molecule has 2 rings (SSSR count). The van der Waals surface area contributed by atoms with Crippen molar-refractivity contribution in [2.75, 3.05) is 0 Å². The number of fused-ring (bicyclic) bond motifs is 1. The monoisotopic (exact) mass is 290 g/mol. The molecule has 0 spiro atoms. The van der Waals surface area contributed by atoms with Crippen LogP contribution in [0.2, 0.25) is 0 Å². The van der Waals surface area contributed by atoms with E-state index in [-0.39, 0.29) is 18.5 Å². The van der Waals surface area contributed by atoms with Gasteiger partial charge in [0.25, 0.3) is 5.56 Å². The first-order valence-electron chi connectivity index (χ1n) is 6.88. The molecule has 21 heavy (non-hydrogen) atoms. The van der Waals surface area contributed by atoms with Gasteiger partial charge in [0.2, 0.25) is 0 Å². The summed E-state index contributed by atoms with van der Waals surface area (Å²) in [4.78, 5) is 35.7. The molecule has 1 N–H and O–H groups in total. The quantitative estimate of drug-likeness (QED) is 0.897. The number of carboxylic acid groups (broad SMARTS) is 1. The molecule has 6 nitrogen and oxygen atoms in total. The van der Waals surface area contributed by atoms with Crippen LogP contribution in [0.1, 0.15) is 19.8 Å². The van der Waals surface area contributed by atoms with Gasteiger partial charge in [-0.25, -0.2) is 4.79 Å². The lowest BCUT2D eigenvalue weighted by atomic mass is 10.0. The number of hydrogen-bond acceptors (Lipinski definition) is 3. The first kappa shape index (κ1) is 15.0. The minimum atomic E-state index is -0.900. The van der Waals surface area contributed by atoms with E-state index in [1.165, 1.54) is 4.57 Å². The second kappa shape index (κ2) is 5.95. The van der Waals surface area contributed by atoms with Crippen molar-refractivity contribution < 1.29 is 9.90 Å². The fourth-order valence-corrected chi connectivity index (χ4v) is 2.45. The van der Waals surface area contributed by atoms with E-state index in [1.54, 1.807) is 38.2 Å². The summed E-state index contributed by atoms with van der Waals surface area (Å²) in [5.41, 5.74) is -0.207. The number of rotatable bonds is 5. The zero-order valence-electron chi connectivity index (χ0n) is 12.1. The van der Waals surface area contributed by atoms with Gasteiger partial charge in [-0.1, -0.05) is 19.1 Å². The molecule has 0 aliphatic rings. The summed E-state index contributed by atoms with van der Waals surface area (Å²) in [5.74, 6) is -1.45. The van der Waals surface area contributed by atoms with Gasteiger partial charge in [-0.2, -0.15) is 0 Å². The van der Waals surface area contributed by atoms with Crippen molar-refractivity contribution in [2.24, 2.45) is 13.0 Å². The first-order chi connectivity index (χ1) is 9.97. The number of aromatic nitrogens is 2. The Hall–Kier alpha value is -2.37. The number of para-hydroxylation sites is 1. The third kappa shape index (κ3) is 2.74. The van der Waals surface area contributed by atoms with E-state index < -0.39 is 17.6 Å². The van der Waals surface area contributed by atoms with Crippen LogP contribution in [0.25, 0.3) is 10.9 Å². The Morgan fingerprint density at radius 1 is 1.29 bits per heavy atom. The maximum absolute atomic E-state index is 12.4. The van der Waals surface area contributed by atoms with Gasteiger partial charge in [0.1, 0.15) is 0 Å².